The van der Waals surface area contributed by atoms with E-state index >= 15 is 0 Å². The van der Waals surface area contributed by atoms with Crippen molar-refractivity contribution in [3.63, 3.8) is 0 Å². The summed E-state index contributed by atoms with van der Waals surface area (Å²) in [5, 5.41) is 0. The molecule has 33 heavy (non-hydrogen) atoms. The van der Waals surface area contributed by atoms with Crippen molar-refractivity contribution in [3.8, 4) is 0 Å². The quantitative estimate of drug-likeness (QED) is 0.308. The average molecular weight is 578 g/mol. The standard InChI is InChI=1S/C31H47Se2/c1-20(22-16-24(28(3,4)5)32-25(17-22)29(6,7)8)15-21(2)23-18-26(30(9,10)11)33-27(19-23)31(12,13)14/h15-19H,1-14H3/q+1. The van der Waals surface area contributed by atoms with Gasteiger partial charge in [0.2, 0.25) is 0 Å². The molecule has 0 atom stereocenters. The van der Waals surface area contributed by atoms with Gasteiger partial charge in [0.05, 0.1) is 0 Å². The second-order valence-corrected chi connectivity index (χ2v) is 18.2. The molecule has 1 aliphatic rings. The molecule has 0 nitrogen and oxygen atoms in total. The van der Waals surface area contributed by atoms with Crippen LogP contribution in [0.25, 0.3) is 5.57 Å². The Morgan fingerprint density at radius 2 is 1.06 bits per heavy atom. The Morgan fingerprint density at radius 1 is 0.667 bits per heavy atom. The van der Waals surface area contributed by atoms with Gasteiger partial charge in [0.1, 0.15) is 0 Å². The first-order valence-corrected chi connectivity index (χ1v) is 15.6. The molecule has 1 aromatic rings. The third kappa shape index (κ3) is 7.67. The van der Waals surface area contributed by atoms with E-state index in [0.29, 0.717) is 29.5 Å². The molecule has 0 radical (unpaired) electrons. The summed E-state index contributed by atoms with van der Waals surface area (Å²) in [7, 11) is 0. The Labute approximate surface area is 217 Å². The van der Waals surface area contributed by atoms with Crippen LogP contribution in [0, 0.1) is 10.8 Å². The first kappa shape index (κ1) is 28.6. The van der Waals surface area contributed by atoms with Gasteiger partial charge >= 0.3 is 219 Å². The summed E-state index contributed by atoms with van der Waals surface area (Å²) in [6, 6.07) is 4.96. The summed E-state index contributed by atoms with van der Waals surface area (Å²) in [6.45, 7) is 32.9. The van der Waals surface area contributed by atoms with Crippen molar-refractivity contribution >= 4 is 35.0 Å². The SMILES string of the molecule is CC(/C=C(\C)c1cc(C(C)(C)C)[se+]c(C(C)(C)C)c1)=C1C=C(C(C)(C)C)[Se]C(C(C)(C)C)=C1. The minimum atomic E-state index is 0.212. The normalized spacial score (nSPS) is 16.5. The number of hydrogen-bond acceptors (Lipinski definition) is 0. The van der Waals surface area contributed by atoms with E-state index in [0.717, 1.165) is 0 Å². The minimum absolute atomic E-state index is 0.212. The summed E-state index contributed by atoms with van der Waals surface area (Å²) in [5.74, 6) is 0. The van der Waals surface area contributed by atoms with Gasteiger partial charge in [-0.25, -0.2) is 0 Å². The van der Waals surface area contributed by atoms with Crippen molar-refractivity contribution in [1.82, 2.24) is 0 Å². The Hall–Kier alpha value is -0.651. The third-order valence-electron chi connectivity index (χ3n) is 5.89. The Morgan fingerprint density at radius 3 is 1.39 bits per heavy atom. The zero-order valence-electron chi connectivity index (χ0n) is 23.7. The van der Waals surface area contributed by atoms with Crippen molar-refractivity contribution in [2.75, 3.05) is 0 Å². The summed E-state index contributed by atoms with van der Waals surface area (Å²) in [5.41, 5.74) is 6.36. The first-order chi connectivity index (χ1) is 14.7. The monoisotopic (exact) mass is 579 g/mol. The van der Waals surface area contributed by atoms with Crippen LogP contribution in [0.1, 0.15) is 111 Å². The van der Waals surface area contributed by atoms with Crippen molar-refractivity contribution in [3.05, 3.63) is 64.9 Å². The van der Waals surface area contributed by atoms with Gasteiger partial charge in [0, 0.05) is 0 Å². The van der Waals surface area contributed by atoms with Crippen molar-refractivity contribution in [1.29, 1.82) is 0 Å². The van der Waals surface area contributed by atoms with E-state index in [4.69, 9.17) is 0 Å². The van der Waals surface area contributed by atoms with Gasteiger partial charge in [0.15, 0.2) is 0 Å². The van der Waals surface area contributed by atoms with Crippen molar-refractivity contribution in [2.24, 2.45) is 10.8 Å². The Kier molecular flexibility index (Phi) is 8.47. The molecule has 0 saturated carbocycles. The maximum atomic E-state index is 2.48. The maximum absolute atomic E-state index is 2.48. The van der Waals surface area contributed by atoms with Gasteiger partial charge in [-0.2, -0.15) is 0 Å². The van der Waals surface area contributed by atoms with Crippen LogP contribution in [0.4, 0.5) is 0 Å². The zero-order valence-corrected chi connectivity index (χ0v) is 27.1. The molecule has 1 aromatic heterocycles. The average Bonchev–Trinajstić information content (AvgIpc) is 2.64. The fourth-order valence-corrected chi connectivity index (χ4v) is 8.55. The van der Waals surface area contributed by atoms with Crippen LogP contribution in [-0.2, 0) is 10.8 Å². The molecular weight excluding hydrogens is 530 g/mol. The number of hydrogen-bond donors (Lipinski definition) is 0. The summed E-state index contributed by atoms with van der Waals surface area (Å²) in [6.07, 6.45) is 7.38. The van der Waals surface area contributed by atoms with E-state index < -0.39 is 0 Å². The van der Waals surface area contributed by atoms with Crippen LogP contribution < -0.4 is 0 Å². The van der Waals surface area contributed by atoms with E-state index in [1.54, 1.807) is 17.8 Å². The number of allylic oxidation sites excluding steroid dienone is 8. The zero-order chi connectivity index (χ0) is 25.6. The molecule has 0 bridgehead atoms. The molecule has 2 rings (SSSR count). The summed E-state index contributed by atoms with van der Waals surface area (Å²) in [4.78, 5) is 0. The van der Waals surface area contributed by atoms with Crippen molar-refractivity contribution in [2.45, 2.75) is 108 Å². The molecule has 0 saturated heterocycles. The van der Waals surface area contributed by atoms with E-state index in [2.05, 4.69) is 127 Å². The second kappa shape index (κ2) is 9.78. The molecular formula is C31H47Se2+. The number of rotatable bonds is 2. The van der Waals surface area contributed by atoms with Gasteiger partial charge in [-0.1, -0.05) is 0 Å². The van der Waals surface area contributed by atoms with Crippen LogP contribution in [0.5, 0.6) is 0 Å². The molecule has 0 spiro atoms. The van der Waals surface area contributed by atoms with Crippen LogP contribution in [0.3, 0.4) is 0 Å². The van der Waals surface area contributed by atoms with E-state index in [1.807, 2.05) is 0 Å². The van der Waals surface area contributed by atoms with E-state index in [1.165, 1.54) is 22.3 Å². The molecule has 182 valence electrons. The van der Waals surface area contributed by atoms with Gasteiger partial charge < -0.3 is 0 Å². The second-order valence-electron chi connectivity index (χ2n) is 13.7. The van der Waals surface area contributed by atoms with E-state index in [-0.39, 0.29) is 21.7 Å². The fourth-order valence-electron chi connectivity index (χ4n) is 3.43. The van der Waals surface area contributed by atoms with Crippen LogP contribution in [0.15, 0.2) is 50.5 Å². The molecule has 0 amide bonds. The molecule has 0 unspecified atom stereocenters. The predicted octanol–water partition coefficient (Wildman–Crippen LogP) is 8.92. The molecule has 0 aromatic carbocycles. The van der Waals surface area contributed by atoms with E-state index in [9.17, 15) is 0 Å². The van der Waals surface area contributed by atoms with Crippen LogP contribution in [-0.4, -0.2) is 29.5 Å². The van der Waals surface area contributed by atoms with Gasteiger partial charge in [0.25, 0.3) is 0 Å². The summed E-state index contributed by atoms with van der Waals surface area (Å²) >= 11 is 0.849. The van der Waals surface area contributed by atoms with Crippen LogP contribution in [0.2, 0.25) is 0 Å². The topological polar surface area (TPSA) is 0 Å². The Balaban J connectivity index is 2.67. The van der Waals surface area contributed by atoms with Gasteiger partial charge in [-0.15, -0.1) is 0 Å². The molecule has 0 aliphatic carbocycles. The molecule has 0 N–H and O–H groups in total. The molecule has 2 heteroatoms. The predicted molar refractivity (Wildman–Crippen MR) is 152 cm³/mol. The Bertz CT molecular complexity index is 950. The first-order valence-electron chi connectivity index (χ1n) is 12.2. The summed E-state index contributed by atoms with van der Waals surface area (Å²) < 4.78 is 6.39. The van der Waals surface area contributed by atoms with Crippen LogP contribution >= 0.6 is 0 Å². The molecule has 1 aliphatic heterocycles. The molecule has 0 fully saturated rings. The molecule has 2 heterocycles. The van der Waals surface area contributed by atoms with Crippen molar-refractivity contribution < 1.29 is 0 Å². The third-order valence-corrected chi connectivity index (χ3v) is 13.9. The van der Waals surface area contributed by atoms with Gasteiger partial charge in [-0.05, 0) is 0 Å². The fraction of sp³-hybridized carbons (Fsp3) is 0.581. The van der Waals surface area contributed by atoms with Gasteiger partial charge in [-0.3, -0.25) is 0 Å².